The fourth-order valence-corrected chi connectivity index (χ4v) is 3.92. The van der Waals surface area contributed by atoms with Gasteiger partial charge in [-0.15, -0.1) is 0 Å². The third-order valence-corrected chi connectivity index (χ3v) is 5.45. The van der Waals surface area contributed by atoms with Gasteiger partial charge in [0.2, 0.25) is 5.91 Å². The zero-order valence-corrected chi connectivity index (χ0v) is 17.9. The number of nitrogens with one attached hydrogen (secondary N) is 2. The number of alkyl carbamates (subject to hydrolysis) is 1. The van der Waals surface area contributed by atoms with E-state index >= 15 is 0 Å². The number of fused-ring (bicyclic) bond motifs is 3. The molecular weight excluding hydrogens is 396 g/mol. The summed E-state index contributed by atoms with van der Waals surface area (Å²) in [5.41, 5.74) is 4.54. The molecule has 1 aliphatic carbocycles. The molecule has 0 bridgehead atoms. The Kier molecular flexibility index (Phi) is 6.95. The molecule has 0 heterocycles. The van der Waals surface area contributed by atoms with Crippen LogP contribution in [0.2, 0.25) is 0 Å². The summed E-state index contributed by atoms with van der Waals surface area (Å²) in [6.07, 6.45) is -0.651. The van der Waals surface area contributed by atoms with Crippen molar-refractivity contribution in [2.24, 2.45) is 5.92 Å². The van der Waals surface area contributed by atoms with Gasteiger partial charge in [0.05, 0.1) is 0 Å². The topological polar surface area (TPSA) is 105 Å². The number of amides is 2. The van der Waals surface area contributed by atoms with Crippen molar-refractivity contribution in [3.63, 3.8) is 0 Å². The van der Waals surface area contributed by atoms with Gasteiger partial charge in [0.25, 0.3) is 0 Å². The molecule has 164 valence electrons. The van der Waals surface area contributed by atoms with Crippen LogP contribution in [0.15, 0.2) is 48.5 Å². The van der Waals surface area contributed by atoms with Crippen LogP contribution in [-0.2, 0) is 14.3 Å². The van der Waals surface area contributed by atoms with Gasteiger partial charge < -0.3 is 20.5 Å². The zero-order valence-electron chi connectivity index (χ0n) is 17.9. The summed E-state index contributed by atoms with van der Waals surface area (Å²) >= 11 is 0. The number of rotatable bonds is 8. The van der Waals surface area contributed by atoms with E-state index < -0.39 is 30.1 Å². The Morgan fingerprint density at radius 2 is 1.48 bits per heavy atom. The van der Waals surface area contributed by atoms with E-state index in [9.17, 15) is 19.5 Å². The predicted octanol–water partition coefficient (Wildman–Crippen LogP) is 3.53. The second-order valence-electron chi connectivity index (χ2n) is 8.20. The van der Waals surface area contributed by atoms with E-state index in [-0.39, 0.29) is 24.9 Å². The maximum absolute atomic E-state index is 12.3. The molecule has 3 N–H and O–H groups in total. The normalized spacial score (nSPS) is 14.3. The number of carboxylic acid groups (broad SMARTS) is 1. The van der Waals surface area contributed by atoms with Gasteiger partial charge in [0, 0.05) is 18.4 Å². The first kappa shape index (κ1) is 22.3. The highest BCUT2D eigenvalue weighted by molar-refractivity contribution is 5.84. The Labute approximate surface area is 181 Å². The molecule has 7 heteroatoms. The summed E-state index contributed by atoms with van der Waals surface area (Å²) in [6, 6.07) is 14.7. The number of carbonyl (C=O) groups excluding carboxylic acids is 2. The molecule has 7 nitrogen and oxygen atoms in total. The maximum atomic E-state index is 12.3. The molecule has 3 rings (SSSR count). The van der Waals surface area contributed by atoms with E-state index in [1.165, 1.54) is 0 Å². The Morgan fingerprint density at radius 3 is 2.00 bits per heavy atom. The zero-order chi connectivity index (χ0) is 22.5. The predicted molar refractivity (Wildman–Crippen MR) is 117 cm³/mol. The largest absolute Gasteiger partial charge is 0.480 e. The van der Waals surface area contributed by atoms with Gasteiger partial charge in [-0.1, -0.05) is 62.4 Å². The van der Waals surface area contributed by atoms with E-state index in [1.54, 1.807) is 20.8 Å². The van der Waals surface area contributed by atoms with Gasteiger partial charge in [0.15, 0.2) is 0 Å². The van der Waals surface area contributed by atoms with E-state index in [0.29, 0.717) is 0 Å². The molecule has 2 aromatic carbocycles. The van der Waals surface area contributed by atoms with E-state index in [1.807, 2.05) is 36.4 Å². The van der Waals surface area contributed by atoms with E-state index in [4.69, 9.17) is 4.74 Å². The Hall–Kier alpha value is -3.35. The smallest absolute Gasteiger partial charge is 0.407 e. The molecule has 2 amide bonds. The van der Waals surface area contributed by atoms with Gasteiger partial charge in [-0.2, -0.15) is 0 Å². The van der Waals surface area contributed by atoms with Crippen LogP contribution in [0.5, 0.6) is 0 Å². The molecule has 0 fully saturated rings. The van der Waals surface area contributed by atoms with Gasteiger partial charge in [-0.05, 0) is 35.1 Å². The lowest BCUT2D eigenvalue weighted by Crippen LogP contribution is -2.46. The molecule has 1 aliphatic rings. The number of carbonyl (C=O) groups is 3. The van der Waals surface area contributed by atoms with Gasteiger partial charge >= 0.3 is 12.1 Å². The Morgan fingerprint density at radius 1 is 0.935 bits per heavy atom. The summed E-state index contributed by atoms with van der Waals surface area (Å²) < 4.78 is 5.47. The van der Waals surface area contributed by atoms with E-state index in [2.05, 4.69) is 22.8 Å². The molecule has 0 unspecified atom stereocenters. The van der Waals surface area contributed by atoms with Crippen molar-refractivity contribution >= 4 is 18.0 Å². The minimum atomic E-state index is -1.08. The first-order valence-corrected chi connectivity index (χ1v) is 10.4. The van der Waals surface area contributed by atoms with E-state index in [0.717, 1.165) is 22.3 Å². The fourth-order valence-electron chi connectivity index (χ4n) is 3.92. The van der Waals surface area contributed by atoms with Gasteiger partial charge in [-0.3, -0.25) is 4.79 Å². The molecule has 0 saturated carbocycles. The summed E-state index contributed by atoms with van der Waals surface area (Å²) in [6.45, 7) is 5.30. The van der Waals surface area contributed by atoms with Crippen molar-refractivity contribution in [1.82, 2.24) is 10.6 Å². The highest BCUT2D eigenvalue weighted by Gasteiger charge is 2.29. The van der Waals surface area contributed by atoms with Crippen LogP contribution in [0.4, 0.5) is 4.79 Å². The second-order valence-corrected chi connectivity index (χ2v) is 8.20. The summed E-state index contributed by atoms with van der Waals surface area (Å²) in [5, 5.41) is 14.3. The van der Waals surface area contributed by atoms with Gasteiger partial charge in [-0.25, -0.2) is 9.59 Å². The second kappa shape index (κ2) is 9.64. The molecule has 2 aromatic rings. The van der Waals surface area contributed by atoms with Crippen LogP contribution in [0.25, 0.3) is 11.1 Å². The molecule has 2 atom stereocenters. The van der Waals surface area contributed by atoms with Crippen LogP contribution in [-0.4, -0.2) is 41.8 Å². The molecular formula is C24H28N2O5. The number of ether oxygens (including phenoxy) is 1. The third kappa shape index (κ3) is 5.23. The molecule has 0 aromatic heterocycles. The molecule has 0 radical (unpaired) electrons. The molecule has 0 saturated heterocycles. The summed E-state index contributed by atoms with van der Waals surface area (Å²) in [7, 11) is 0. The number of benzene rings is 2. The highest BCUT2D eigenvalue weighted by atomic mass is 16.5. The van der Waals surface area contributed by atoms with Crippen molar-refractivity contribution in [2.45, 2.75) is 45.2 Å². The monoisotopic (exact) mass is 424 g/mol. The number of aliphatic carboxylic acids is 1. The fraction of sp³-hybridized carbons (Fsp3) is 0.375. The molecule has 0 aliphatic heterocycles. The summed E-state index contributed by atoms with van der Waals surface area (Å²) in [4.78, 5) is 35.6. The van der Waals surface area contributed by atoms with Crippen LogP contribution in [0.1, 0.15) is 44.2 Å². The van der Waals surface area contributed by atoms with Crippen molar-refractivity contribution < 1.29 is 24.2 Å². The quantitative estimate of drug-likeness (QED) is 0.601. The lowest BCUT2D eigenvalue weighted by atomic mass is 9.98. The molecule has 0 spiro atoms. The van der Waals surface area contributed by atoms with Crippen molar-refractivity contribution in [3.8, 4) is 11.1 Å². The highest BCUT2D eigenvalue weighted by Crippen LogP contribution is 2.44. The third-order valence-electron chi connectivity index (χ3n) is 5.45. The standard InChI is InChI=1S/C24H28N2O5/c1-14(2)22(23(28)29)26-21(27)12-15(3)25-24(30)31-13-20-18-10-6-4-8-16(18)17-9-5-7-11-19(17)20/h4-11,14-15,20,22H,12-13H2,1-3H3,(H,25,30)(H,26,27)(H,28,29)/t15-,22-/m0/s1. The minimum absolute atomic E-state index is 0.0410. The van der Waals surface area contributed by atoms with Crippen LogP contribution in [0.3, 0.4) is 0 Å². The lowest BCUT2D eigenvalue weighted by molar-refractivity contribution is -0.143. The first-order valence-electron chi connectivity index (χ1n) is 10.4. The minimum Gasteiger partial charge on any atom is -0.480 e. The first-order chi connectivity index (χ1) is 14.8. The van der Waals surface area contributed by atoms with Crippen molar-refractivity contribution in [3.05, 3.63) is 59.7 Å². The van der Waals surface area contributed by atoms with Gasteiger partial charge in [0.1, 0.15) is 12.6 Å². The summed E-state index contributed by atoms with van der Waals surface area (Å²) in [5.74, 6) is -1.81. The average Bonchev–Trinajstić information content (AvgIpc) is 3.04. The Bertz CT molecular complexity index is 926. The maximum Gasteiger partial charge on any atom is 0.407 e. The lowest BCUT2D eigenvalue weighted by Gasteiger charge is -2.20. The Balaban J connectivity index is 1.54. The van der Waals surface area contributed by atoms with Crippen molar-refractivity contribution in [1.29, 1.82) is 0 Å². The van der Waals surface area contributed by atoms with Crippen LogP contribution < -0.4 is 10.6 Å². The number of hydrogen-bond donors (Lipinski definition) is 3. The van der Waals surface area contributed by atoms with Crippen molar-refractivity contribution in [2.75, 3.05) is 6.61 Å². The number of hydrogen-bond acceptors (Lipinski definition) is 4. The van der Waals surface area contributed by atoms with Crippen LogP contribution in [0, 0.1) is 5.92 Å². The average molecular weight is 424 g/mol. The molecule has 31 heavy (non-hydrogen) atoms. The SMILES string of the molecule is CC(C)[C@H](NC(=O)C[C@H](C)NC(=O)OCC1c2ccccc2-c2ccccc21)C(=O)O. The number of carboxylic acids is 1. The van der Waals surface area contributed by atoms with Crippen LogP contribution >= 0.6 is 0 Å².